The highest BCUT2D eigenvalue weighted by molar-refractivity contribution is 6.19. The highest BCUT2D eigenvalue weighted by Gasteiger charge is 2.16. The number of aromatic nitrogens is 3. The molecule has 0 aliphatic carbocycles. The molecule has 0 N–H and O–H groups in total. The van der Waals surface area contributed by atoms with E-state index < -0.39 is 0 Å². The first-order chi connectivity index (χ1) is 20.7. The van der Waals surface area contributed by atoms with Gasteiger partial charge in [-0.15, -0.1) is 0 Å². The maximum absolute atomic E-state index is 4.82. The van der Waals surface area contributed by atoms with Crippen LogP contribution in [-0.4, -0.2) is 14.5 Å². The SMILES string of the molecule is Cc1ccnc(-c2ccc(-c3ccc4c(ccc5c6ccc(-c7ccccc7)cc6n(-c6ccccc6)c45)c3)nc2)c1. The maximum atomic E-state index is 4.82. The van der Waals surface area contributed by atoms with Crippen LogP contribution in [0.15, 0.2) is 146 Å². The molecule has 3 heteroatoms. The first-order valence-corrected chi connectivity index (χ1v) is 14.2. The van der Waals surface area contributed by atoms with E-state index in [0.717, 1.165) is 28.2 Å². The third kappa shape index (κ3) is 4.06. The second-order valence-corrected chi connectivity index (χ2v) is 10.8. The topological polar surface area (TPSA) is 30.7 Å². The zero-order chi connectivity index (χ0) is 28.0. The molecular formula is C39H27N3. The van der Waals surface area contributed by atoms with Crippen molar-refractivity contribution in [3.63, 3.8) is 0 Å². The van der Waals surface area contributed by atoms with Gasteiger partial charge in [0.25, 0.3) is 0 Å². The first kappa shape index (κ1) is 24.3. The van der Waals surface area contributed by atoms with Gasteiger partial charge in [0, 0.05) is 45.4 Å². The number of nitrogens with zero attached hydrogens (tertiary/aromatic N) is 3. The predicted octanol–water partition coefficient (Wildman–Crippen LogP) is 10.0. The average Bonchev–Trinajstić information content (AvgIpc) is 3.39. The van der Waals surface area contributed by atoms with Crippen molar-refractivity contribution in [2.75, 3.05) is 0 Å². The third-order valence-electron chi connectivity index (χ3n) is 8.14. The van der Waals surface area contributed by atoms with Gasteiger partial charge in [0.15, 0.2) is 0 Å². The number of fused-ring (bicyclic) bond motifs is 5. The molecule has 3 heterocycles. The summed E-state index contributed by atoms with van der Waals surface area (Å²) >= 11 is 0. The van der Waals surface area contributed by atoms with Gasteiger partial charge in [0.2, 0.25) is 0 Å². The van der Waals surface area contributed by atoms with E-state index in [-0.39, 0.29) is 0 Å². The molecule has 0 unspecified atom stereocenters. The van der Waals surface area contributed by atoms with Crippen LogP contribution in [0.5, 0.6) is 0 Å². The summed E-state index contributed by atoms with van der Waals surface area (Å²) in [4.78, 5) is 9.33. The Kier molecular flexibility index (Phi) is 5.68. The number of benzene rings is 5. The third-order valence-corrected chi connectivity index (χ3v) is 8.14. The molecule has 0 saturated heterocycles. The molecular weight excluding hydrogens is 510 g/mol. The summed E-state index contributed by atoms with van der Waals surface area (Å²) in [6.07, 6.45) is 3.77. The summed E-state index contributed by atoms with van der Waals surface area (Å²) in [6, 6.07) is 47.6. The van der Waals surface area contributed by atoms with E-state index in [2.05, 4.69) is 144 Å². The van der Waals surface area contributed by atoms with Crippen molar-refractivity contribution in [2.24, 2.45) is 0 Å². The Bertz CT molecular complexity index is 2230. The van der Waals surface area contributed by atoms with Gasteiger partial charge >= 0.3 is 0 Å². The quantitative estimate of drug-likeness (QED) is 0.224. The minimum absolute atomic E-state index is 0.944. The van der Waals surface area contributed by atoms with Crippen LogP contribution in [0.25, 0.3) is 71.9 Å². The Morgan fingerprint density at radius 3 is 2.02 bits per heavy atom. The molecule has 198 valence electrons. The molecule has 0 amide bonds. The van der Waals surface area contributed by atoms with Gasteiger partial charge in [-0.2, -0.15) is 0 Å². The van der Waals surface area contributed by atoms with Crippen molar-refractivity contribution in [1.82, 2.24) is 14.5 Å². The Morgan fingerprint density at radius 2 is 1.24 bits per heavy atom. The van der Waals surface area contributed by atoms with Crippen LogP contribution >= 0.6 is 0 Å². The van der Waals surface area contributed by atoms with Gasteiger partial charge in [0.05, 0.1) is 22.4 Å². The lowest BCUT2D eigenvalue weighted by Crippen LogP contribution is -1.94. The van der Waals surface area contributed by atoms with Crippen molar-refractivity contribution in [3.8, 4) is 39.3 Å². The molecule has 0 fully saturated rings. The van der Waals surface area contributed by atoms with Crippen LogP contribution in [0.3, 0.4) is 0 Å². The summed E-state index contributed by atoms with van der Waals surface area (Å²) in [5, 5.41) is 4.91. The number of hydrogen-bond acceptors (Lipinski definition) is 2. The van der Waals surface area contributed by atoms with Crippen LogP contribution in [0, 0.1) is 6.92 Å². The van der Waals surface area contributed by atoms with Crippen molar-refractivity contribution in [2.45, 2.75) is 6.92 Å². The predicted molar refractivity (Wildman–Crippen MR) is 175 cm³/mol. The minimum atomic E-state index is 0.944. The van der Waals surface area contributed by atoms with Crippen molar-refractivity contribution in [1.29, 1.82) is 0 Å². The molecule has 0 aliphatic rings. The fraction of sp³-hybridized carbons (Fsp3) is 0.0256. The second kappa shape index (κ2) is 9.83. The molecule has 0 atom stereocenters. The highest BCUT2D eigenvalue weighted by Crippen LogP contribution is 2.39. The standard InChI is InChI=1S/C39H27N3/c1-26-20-21-40-37(22-26)31-15-19-36(41-25-31)30-14-16-33-29(23-30)13-18-35-34-17-12-28(27-8-4-2-5-9-27)24-38(34)42(39(33)35)32-10-6-3-7-11-32/h2-25H,1H3. The van der Waals surface area contributed by atoms with Gasteiger partial charge in [-0.05, 0) is 77.5 Å². The van der Waals surface area contributed by atoms with E-state index >= 15 is 0 Å². The van der Waals surface area contributed by atoms with E-state index in [4.69, 9.17) is 4.98 Å². The van der Waals surface area contributed by atoms with Crippen molar-refractivity contribution in [3.05, 3.63) is 151 Å². The number of hydrogen-bond donors (Lipinski definition) is 0. The Morgan fingerprint density at radius 1 is 0.500 bits per heavy atom. The zero-order valence-electron chi connectivity index (χ0n) is 23.2. The lowest BCUT2D eigenvalue weighted by atomic mass is 10.0. The molecule has 0 saturated carbocycles. The van der Waals surface area contributed by atoms with Crippen LogP contribution in [0.2, 0.25) is 0 Å². The number of para-hydroxylation sites is 1. The van der Waals surface area contributed by atoms with E-state index in [1.807, 2.05) is 18.5 Å². The minimum Gasteiger partial charge on any atom is -0.309 e. The Labute approximate surface area is 244 Å². The Hall–Kier alpha value is -5.54. The van der Waals surface area contributed by atoms with Crippen molar-refractivity contribution >= 4 is 32.6 Å². The van der Waals surface area contributed by atoms with Crippen LogP contribution < -0.4 is 0 Å². The zero-order valence-corrected chi connectivity index (χ0v) is 23.2. The molecule has 3 aromatic heterocycles. The summed E-state index contributed by atoms with van der Waals surface area (Å²) < 4.78 is 2.42. The molecule has 0 aliphatic heterocycles. The van der Waals surface area contributed by atoms with E-state index in [0.29, 0.717) is 0 Å². The highest BCUT2D eigenvalue weighted by atomic mass is 15.0. The van der Waals surface area contributed by atoms with Gasteiger partial charge in [-0.1, -0.05) is 84.9 Å². The molecule has 0 bridgehead atoms. The normalized spacial score (nSPS) is 11.5. The van der Waals surface area contributed by atoms with Gasteiger partial charge in [-0.25, -0.2) is 0 Å². The fourth-order valence-corrected chi connectivity index (χ4v) is 6.06. The van der Waals surface area contributed by atoms with E-state index in [1.54, 1.807) is 0 Å². The van der Waals surface area contributed by atoms with E-state index in [1.165, 1.54) is 49.3 Å². The first-order valence-electron chi connectivity index (χ1n) is 14.2. The van der Waals surface area contributed by atoms with Crippen molar-refractivity contribution < 1.29 is 0 Å². The maximum Gasteiger partial charge on any atom is 0.0720 e. The van der Waals surface area contributed by atoms with Crippen LogP contribution in [-0.2, 0) is 0 Å². The van der Waals surface area contributed by atoms with Crippen LogP contribution in [0.1, 0.15) is 5.56 Å². The monoisotopic (exact) mass is 537 g/mol. The molecule has 42 heavy (non-hydrogen) atoms. The molecule has 8 aromatic rings. The largest absolute Gasteiger partial charge is 0.309 e. The molecule has 0 spiro atoms. The summed E-state index contributed by atoms with van der Waals surface area (Å²) in [5.41, 5.74) is 11.2. The lowest BCUT2D eigenvalue weighted by Gasteiger charge is -2.11. The van der Waals surface area contributed by atoms with Gasteiger partial charge < -0.3 is 4.57 Å². The summed E-state index contributed by atoms with van der Waals surface area (Å²) in [7, 11) is 0. The van der Waals surface area contributed by atoms with E-state index in [9.17, 15) is 0 Å². The number of rotatable bonds is 4. The molecule has 3 nitrogen and oxygen atoms in total. The summed E-state index contributed by atoms with van der Waals surface area (Å²) in [5.74, 6) is 0. The molecule has 8 rings (SSSR count). The Balaban J connectivity index is 1.30. The molecule has 0 radical (unpaired) electrons. The van der Waals surface area contributed by atoms with Crippen LogP contribution in [0.4, 0.5) is 0 Å². The number of pyridine rings is 2. The summed E-state index contributed by atoms with van der Waals surface area (Å²) in [6.45, 7) is 2.08. The van der Waals surface area contributed by atoms with Gasteiger partial charge in [0.1, 0.15) is 0 Å². The second-order valence-electron chi connectivity index (χ2n) is 10.8. The smallest absolute Gasteiger partial charge is 0.0720 e. The fourth-order valence-electron chi connectivity index (χ4n) is 6.06. The lowest BCUT2D eigenvalue weighted by molar-refractivity contribution is 1.19. The van der Waals surface area contributed by atoms with Gasteiger partial charge in [-0.3, -0.25) is 9.97 Å². The number of aryl methyl sites for hydroxylation is 1. The average molecular weight is 538 g/mol. The molecule has 5 aromatic carbocycles.